The second kappa shape index (κ2) is 8.11. The average Bonchev–Trinajstić information content (AvgIpc) is 2.56. The molecule has 0 aliphatic heterocycles. The Bertz CT molecular complexity index is 851. The highest BCUT2D eigenvalue weighted by Gasteiger charge is 2.10. The molecule has 1 amide bonds. The summed E-state index contributed by atoms with van der Waals surface area (Å²) >= 11 is 5.03. The van der Waals surface area contributed by atoms with Crippen LogP contribution in [-0.4, -0.2) is 15.9 Å². The Hall–Kier alpha value is -3.13. The number of halogens is 1. The molecule has 2 rings (SSSR count). The van der Waals surface area contributed by atoms with Gasteiger partial charge in [0.1, 0.15) is 5.82 Å². The van der Waals surface area contributed by atoms with Crippen LogP contribution in [0.4, 0.5) is 15.8 Å². The van der Waals surface area contributed by atoms with Crippen molar-refractivity contribution >= 4 is 40.7 Å². The molecule has 2 aromatic carbocycles. The van der Waals surface area contributed by atoms with Gasteiger partial charge in [-0.15, -0.1) is 0 Å². The lowest BCUT2D eigenvalue weighted by atomic mass is 10.2. The van der Waals surface area contributed by atoms with Gasteiger partial charge in [0, 0.05) is 23.9 Å². The molecule has 128 valence electrons. The van der Waals surface area contributed by atoms with E-state index in [2.05, 4.69) is 10.6 Å². The largest absolute Gasteiger partial charge is 0.332 e. The summed E-state index contributed by atoms with van der Waals surface area (Å²) in [5.41, 5.74) is 1.74. The predicted molar refractivity (Wildman–Crippen MR) is 97.6 cm³/mol. The molecule has 0 bridgehead atoms. The number of benzene rings is 2. The number of hydrogen-bond donors (Lipinski definition) is 2. The van der Waals surface area contributed by atoms with E-state index in [9.17, 15) is 19.3 Å². The number of aryl methyl sites for hydroxylation is 1. The summed E-state index contributed by atoms with van der Waals surface area (Å²) in [4.78, 5) is 22.1. The fraction of sp³-hybridized carbons (Fsp3) is 0.0588. The smallest absolute Gasteiger partial charge is 0.271 e. The molecule has 0 fully saturated rings. The number of thiocarbonyl (C=S) groups is 1. The van der Waals surface area contributed by atoms with E-state index < -0.39 is 10.8 Å². The van der Waals surface area contributed by atoms with Crippen molar-refractivity contribution in [1.29, 1.82) is 0 Å². The van der Waals surface area contributed by atoms with Crippen molar-refractivity contribution in [2.24, 2.45) is 0 Å². The standard InChI is InChI=1S/C17H14FN3O3S/c1-11-2-8-14(21(23)24)10-15(11)19-17(25)20-16(22)9-5-12-3-6-13(18)7-4-12/h2-10H,1H3,(H2,19,20,22,25)/b9-5+. The van der Waals surface area contributed by atoms with E-state index >= 15 is 0 Å². The van der Waals surface area contributed by atoms with Gasteiger partial charge >= 0.3 is 0 Å². The van der Waals surface area contributed by atoms with Gasteiger partial charge in [-0.1, -0.05) is 18.2 Å². The van der Waals surface area contributed by atoms with Crippen molar-refractivity contribution in [2.75, 3.05) is 5.32 Å². The van der Waals surface area contributed by atoms with Crippen molar-refractivity contribution in [3.05, 3.63) is 75.6 Å². The molecule has 0 aliphatic carbocycles. The lowest BCUT2D eigenvalue weighted by Crippen LogP contribution is -2.33. The fourth-order valence-electron chi connectivity index (χ4n) is 1.91. The van der Waals surface area contributed by atoms with Crippen LogP contribution >= 0.6 is 12.2 Å². The van der Waals surface area contributed by atoms with Gasteiger partial charge in [0.2, 0.25) is 5.91 Å². The summed E-state index contributed by atoms with van der Waals surface area (Å²) in [6, 6.07) is 9.93. The Morgan fingerprint density at radius 1 is 1.24 bits per heavy atom. The zero-order chi connectivity index (χ0) is 18.4. The SMILES string of the molecule is Cc1ccc([N+](=O)[O-])cc1NC(=S)NC(=O)/C=C/c1ccc(F)cc1. The number of nitrogens with zero attached hydrogens (tertiary/aromatic N) is 1. The number of carbonyl (C=O) groups is 1. The number of carbonyl (C=O) groups excluding carboxylic acids is 1. The first kappa shape index (κ1) is 18.2. The van der Waals surface area contributed by atoms with Crippen LogP contribution in [0.25, 0.3) is 6.08 Å². The zero-order valence-electron chi connectivity index (χ0n) is 13.2. The second-order valence-corrected chi connectivity index (χ2v) is 5.49. The molecular formula is C17H14FN3O3S. The molecule has 0 aromatic heterocycles. The van der Waals surface area contributed by atoms with E-state index in [0.29, 0.717) is 11.3 Å². The van der Waals surface area contributed by atoms with Gasteiger partial charge in [-0.25, -0.2) is 4.39 Å². The summed E-state index contributed by atoms with van der Waals surface area (Å²) < 4.78 is 12.8. The number of nitrogens with one attached hydrogen (secondary N) is 2. The van der Waals surface area contributed by atoms with Crippen LogP contribution < -0.4 is 10.6 Å². The van der Waals surface area contributed by atoms with E-state index in [1.165, 1.54) is 48.6 Å². The third-order valence-electron chi connectivity index (χ3n) is 3.21. The van der Waals surface area contributed by atoms with Crippen molar-refractivity contribution in [3.63, 3.8) is 0 Å². The molecule has 0 unspecified atom stereocenters. The summed E-state index contributed by atoms with van der Waals surface area (Å²) in [7, 11) is 0. The van der Waals surface area contributed by atoms with Crippen LogP contribution in [0.3, 0.4) is 0 Å². The quantitative estimate of drug-likeness (QED) is 0.377. The number of non-ortho nitro benzene ring substituents is 1. The van der Waals surface area contributed by atoms with E-state index in [4.69, 9.17) is 12.2 Å². The van der Waals surface area contributed by atoms with Crippen LogP contribution in [0.15, 0.2) is 48.5 Å². The maximum Gasteiger partial charge on any atom is 0.271 e. The zero-order valence-corrected chi connectivity index (χ0v) is 14.0. The summed E-state index contributed by atoms with van der Waals surface area (Å²) in [6.07, 6.45) is 2.76. The van der Waals surface area contributed by atoms with Gasteiger partial charge < -0.3 is 5.32 Å². The molecular weight excluding hydrogens is 345 g/mol. The maximum atomic E-state index is 12.8. The summed E-state index contributed by atoms with van der Waals surface area (Å²) in [5, 5.41) is 16.0. The van der Waals surface area contributed by atoms with Crippen molar-refractivity contribution in [3.8, 4) is 0 Å². The topological polar surface area (TPSA) is 84.3 Å². The lowest BCUT2D eigenvalue weighted by Gasteiger charge is -2.10. The minimum Gasteiger partial charge on any atom is -0.332 e. The van der Waals surface area contributed by atoms with Crippen molar-refractivity contribution in [1.82, 2.24) is 5.32 Å². The number of nitro groups is 1. The highest BCUT2D eigenvalue weighted by Crippen LogP contribution is 2.21. The summed E-state index contributed by atoms with van der Waals surface area (Å²) in [6.45, 7) is 1.75. The molecule has 0 radical (unpaired) electrons. The fourth-order valence-corrected chi connectivity index (χ4v) is 2.12. The Balaban J connectivity index is 1.97. The van der Waals surface area contributed by atoms with Crippen LogP contribution in [0.1, 0.15) is 11.1 Å². The Kier molecular flexibility index (Phi) is 5.91. The predicted octanol–water partition coefficient (Wildman–Crippen LogP) is 3.57. The van der Waals surface area contributed by atoms with Gasteiger partial charge in [0.05, 0.1) is 4.92 Å². The third-order valence-corrected chi connectivity index (χ3v) is 3.42. The number of rotatable bonds is 4. The van der Waals surface area contributed by atoms with Crippen LogP contribution in [0, 0.1) is 22.9 Å². The van der Waals surface area contributed by atoms with Gasteiger partial charge in [-0.3, -0.25) is 20.2 Å². The van der Waals surface area contributed by atoms with Gasteiger partial charge in [0.15, 0.2) is 5.11 Å². The van der Waals surface area contributed by atoms with Gasteiger partial charge in [0.25, 0.3) is 5.69 Å². The Labute approximate surface area is 148 Å². The Morgan fingerprint density at radius 2 is 1.92 bits per heavy atom. The number of nitro benzene ring substituents is 1. The van der Waals surface area contributed by atoms with E-state index in [1.807, 2.05) is 0 Å². The van der Waals surface area contributed by atoms with Crippen LogP contribution in [0.2, 0.25) is 0 Å². The van der Waals surface area contributed by atoms with E-state index in [0.717, 1.165) is 5.56 Å². The first-order valence-electron chi connectivity index (χ1n) is 7.16. The molecule has 6 nitrogen and oxygen atoms in total. The molecule has 25 heavy (non-hydrogen) atoms. The molecule has 0 saturated carbocycles. The first-order valence-corrected chi connectivity index (χ1v) is 7.56. The third kappa shape index (κ3) is 5.47. The number of hydrogen-bond acceptors (Lipinski definition) is 4. The molecule has 0 aliphatic rings. The van der Waals surface area contributed by atoms with Crippen LogP contribution in [0.5, 0.6) is 0 Å². The molecule has 0 saturated heterocycles. The molecule has 0 spiro atoms. The average molecular weight is 359 g/mol. The molecule has 0 atom stereocenters. The number of amides is 1. The molecule has 0 heterocycles. The highest BCUT2D eigenvalue weighted by molar-refractivity contribution is 7.80. The molecule has 2 N–H and O–H groups in total. The minimum atomic E-state index is -0.516. The van der Waals surface area contributed by atoms with Crippen molar-refractivity contribution < 1.29 is 14.1 Å². The van der Waals surface area contributed by atoms with E-state index in [1.54, 1.807) is 13.0 Å². The Morgan fingerprint density at radius 3 is 2.56 bits per heavy atom. The van der Waals surface area contributed by atoms with Gasteiger partial charge in [-0.05, 0) is 48.5 Å². The first-order chi connectivity index (χ1) is 11.8. The monoisotopic (exact) mass is 359 g/mol. The minimum absolute atomic E-state index is 0.0114. The van der Waals surface area contributed by atoms with Gasteiger partial charge in [-0.2, -0.15) is 0 Å². The van der Waals surface area contributed by atoms with Crippen molar-refractivity contribution in [2.45, 2.75) is 6.92 Å². The lowest BCUT2D eigenvalue weighted by molar-refractivity contribution is -0.384. The maximum absolute atomic E-state index is 12.8. The summed E-state index contributed by atoms with van der Waals surface area (Å²) in [5.74, 6) is -0.843. The number of anilines is 1. The molecule has 2 aromatic rings. The van der Waals surface area contributed by atoms with Crippen LogP contribution in [-0.2, 0) is 4.79 Å². The molecule has 8 heteroatoms. The normalized spacial score (nSPS) is 10.5. The highest BCUT2D eigenvalue weighted by atomic mass is 32.1. The van der Waals surface area contributed by atoms with E-state index in [-0.39, 0.29) is 16.6 Å². The second-order valence-electron chi connectivity index (χ2n) is 5.08.